The number of carbonyl (C=O) groups is 1. The van der Waals surface area contributed by atoms with Gasteiger partial charge in [-0.1, -0.05) is 15.9 Å². The van der Waals surface area contributed by atoms with Gasteiger partial charge in [0.25, 0.3) is 11.8 Å². The van der Waals surface area contributed by atoms with E-state index in [4.69, 9.17) is 0 Å². The fourth-order valence-corrected chi connectivity index (χ4v) is 3.36. The van der Waals surface area contributed by atoms with E-state index in [0.717, 1.165) is 16.9 Å². The van der Waals surface area contributed by atoms with E-state index >= 15 is 0 Å². The maximum Gasteiger partial charge on any atom is 0.257 e. The van der Waals surface area contributed by atoms with E-state index in [-0.39, 0.29) is 18.5 Å². The van der Waals surface area contributed by atoms with Crippen LogP contribution in [0.4, 0.5) is 8.78 Å². The van der Waals surface area contributed by atoms with Gasteiger partial charge >= 0.3 is 0 Å². The number of nitrogens with zero attached hydrogens (tertiary/aromatic N) is 3. The van der Waals surface area contributed by atoms with Gasteiger partial charge in [0.05, 0.1) is 23.8 Å². The van der Waals surface area contributed by atoms with E-state index in [1.165, 1.54) is 0 Å². The number of aromatic nitrogens is 2. The highest BCUT2D eigenvalue weighted by Crippen LogP contribution is 2.20. The number of nitrogens with one attached hydrogen (secondary N) is 1. The minimum absolute atomic E-state index is 0.00123. The summed E-state index contributed by atoms with van der Waals surface area (Å²) in [5.41, 5.74) is 1.24. The van der Waals surface area contributed by atoms with E-state index in [1.807, 2.05) is 12.1 Å². The first-order chi connectivity index (χ1) is 11.3. The van der Waals surface area contributed by atoms with Crippen LogP contribution in [0.2, 0.25) is 0 Å². The summed E-state index contributed by atoms with van der Waals surface area (Å²) in [5, 5.41) is 7.16. The number of halogens is 3. The van der Waals surface area contributed by atoms with Crippen LogP contribution in [0.1, 0.15) is 30.1 Å². The molecule has 1 saturated heterocycles. The van der Waals surface area contributed by atoms with Crippen LogP contribution in [0.5, 0.6) is 0 Å². The number of alkyl halides is 2. The summed E-state index contributed by atoms with van der Waals surface area (Å²) in [6.45, 7) is 1.84. The molecule has 0 saturated carbocycles. The molecule has 0 atom stereocenters. The summed E-state index contributed by atoms with van der Waals surface area (Å²) in [7, 11) is 0. The van der Waals surface area contributed by atoms with Crippen LogP contribution in [0.3, 0.4) is 0 Å². The van der Waals surface area contributed by atoms with Gasteiger partial charge in [0, 0.05) is 36.7 Å². The number of piperidine rings is 1. The summed E-state index contributed by atoms with van der Waals surface area (Å²) in [6, 6.07) is 3.69. The second-order valence-electron chi connectivity index (χ2n) is 6.33. The van der Waals surface area contributed by atoms with Crippen molar-refractivity contribution < 1.29 is 13.6 Å². The Kier molecular flexibility index (Phi) is 4.87. The molecule has 2 aromatic rings. The van der Waals surface area contributed by atoms with E-state index in [1.54, 1.807) is 21.8 Å². The van der Waals surface area contributed by atoms with Gasteiger partial charge in [0.1, 0.15) is 0 Å². The summed E-state index contributed by atoms with van der Waals surface area (Å²) in [5.74, 6) is -2.86. The summed E-state index contributed by atoms with van der Waals surface area (Å²) in [6.07, 6.45) is 4.67. The third-order valence-electron chi connectivity index (χ3n) is 4.15. The quantitative estimate of drug-likeness (QED) is 0.857. The van der Waals surface area contributed by atoms with Gasteiger partial charge in [0.15, 0.2) is 0 Å². The lowest BCUT2D eigenvalue weighted by atomic mass is 10.0. The molecule has 3 heterocycles. The van der Waals surface area contributed by atoms with Crippen molar-refractivity contribution in [2.45, 2.75) is 31.7 Å². The van der Waals surface area contributed by atoms with Crippen LogP contribution in [-0.4, -0.2) is 52.0 Å². The van der Waals surface area contributed by atoms with Crippen molar-refractivity contribution in [1.29, 1.82) is 0 Å². The zero-order valence-corrected chi connectivity index (χ0v) is 14.9. The van der Waals surface area contributed by atoms with Gasteiger partial charge in [-0.2, -0.15) is 5.10 Å². The zero-order valence-electron chi connectivity index (χ0n) is 13.3. The molecule has 3 rings (SSSR count). The standard InChI is InChI=1S/C16H19BrF2N4O/c1-16(18,19)10-22-5-3-12(4-6-22)21-15(24)13-9-20-23-7-2-11(17)8-14(13)23/h2,7-9,12H,3-6,10H2,1H3,(H,21,24). The molecule has 0 aliphatic carbocycles. The Morgan fingerprint density at radius 1 is 1.46 bits per heavy atom. The summed E-state index contributed by atoms with van der Waals surface area (Å²) < 4.78 is 28.6. The van der Waals surface area contributed by atoms with Crippen LogP contribution >= 0.6 is 15.9 Å². The molecule has 1 aliphatic heterocycles. The van der Waals surface area contributed by atoms with Gasteiger partial charge in [-0.15, -0.1) is 0 Å². The smallest absolute Gasteiger partial charge is 0.257 e. The number of likely N-dealkylation sites (tertiary alicyclic amines) is 1. The molecule has 0 radical (unpaired) electrons. The minimum atomic E-state index is -2.68. The lowest BCUT2D eigenvalue weighted by molar-refractivity contribution is -0.0205. The molecule has 1 amide bonds. The topological polar surface area (TPSA) is 49.6 Å². The molecule has 2 aromatic heterocycles. The van der Waals surface area contributed by atoms with Crippen molar-refractivity contribution in [1.82, 2.24) is 19.8 Å². The highest BCUT2D eigenvalue weighted by Gasteiger charge is 2.29. The molecule has 1 N–H and O–H groups in total. The molecule has 0 bridgehead atoms. The van der Waals surface area contributed by atoms with E-state index < -0.39 is 5.92 Å². The van der Waals surface area contributed by atoms with Crippen molar-refractivity contribution >= 4 is 27.4 Å². The predicted octanol–water partition coefficient (Wildman–Crippen LogP) is 2.95. The van der Waals surface area contributed by atoms with E-state index in [2.05, 4.69) is 26.3 Å². The van der Waals surface area contributed by atoms with Crippen molar-refractivity contribution in [3.63, 3.8) is 0 Å². The Hall–Kier alpha value is -1.54. The van der Waals surface area contributed by atoms with E-state index in [0.29, 0.717) is 31.5 Å². The Bertz CT molecular complexity index is 735. The first-order valence-electron chi connectivity index (χ1n) is 7.86. The summed E-state index contributed by atoms with van der Waals surface area (Å²) in [4.78, 5) is 14.2. The monoisotopic (exact) mass is 400 g/mol. The highest BCUT2D eigenvalue weighted by molar-refractivity contribution is 9.10. The van der Waals surface area contributed by atoms with Crippen LogP contribution in [-0.2, 0) is 0 Å². The van der Waals surface area contributed by atoms with Gasteiger partial charge in [-0.05, 0) is 25.0 Å². The van der Waals surface area contributed by atoms with Crippen LogP contribution in [0.15, 0.2) is 29.0 Å². The van der Waals surface area contributed by atoms with Gasteiger partial charge in [0.2, 0.25) is 0 Å². The Labute approximate surface area is 147 Å². The number of rotatable bonds is 4. The molecule has 8 heteroatoms. The summed E-state index contributed by atoms with van der Waals surface area (Å²) >= 11 is 3.39. The first-order valence-corrected chi connectivity index (χ1v) is 8.65. The van der Waals surface area contributed by atoms with Crippen molar-refractivity contribution in [3.8, 4) is 0 Å². The predicted molar refractivity (Wildman–Crippen MR) is 90.4 cm³/mol. The van der Waals surface area contributed by atoms with Gasteiger partial charge < -0.3 is 5.32 Å². The lowest BCUT2D eigenvalue weighted by Crippen LogP contribution is -2.47. The first kappa shape index (κ1) is 17.3. The minimum Gasteiger partial charge on any atom is -0.349 e. The number of pyridine rings is 1. The third-order valence-corrected chi connectivity index (χ3v) is 4.65. The zero-order chi connectivity index (χ0) is 17.3. The lowest BCUT2D eigenvalue weighted by Gasteiger charge is -2.33. The molecular weight excluding hydrogens is 382 g/mol. The molecule has 0 aromatic carbocycles. The molecule has 1 fully saturated rings. The SMILES string of the molecule is CC(F)(F)CN1CCC(NC(=O)c2cnn3ccc(Br)cc23)CC1. The second kappa shape index (κ2) is 6.76. The van der Waals surface area contributed by atoms with Crippen LogP contribution in [0.25, 0.3) is 5.52 Å². The molecule has 1 aliphatic rings. The Morgan fingerprint density at radius 3 is 2.83 bits per heavy atom. The third kappa shape index (κ3) is 4.10. The van der Waals surface area contributed by atoms with Crippen molar-refractivity contribution in [2.24, 2.45) is 0 Å². The fourth-order valence-electron chi connectivity index (χ4n) is 3.02. The average Bonchev–Trinajstić information content (AvgIpc) is 2.91. The van der Waals surface area contributed by atoms with Gasteiger partial charge in [-0.25, -0.2) is 13.3 Å². The molecule has 0 unspecified atom stereocenters. The van der Waals surface area contributed by atoms with E-state index in [9.17, 15) is 13.6 Å². The Balaban J connectivity index is 1.60. The largest absolute Gasteiger partial charge is 0.349 e. The number of carbonyl (C=O) groups excluding carboxylic acids is 1. The number of hydrogen-bond donors (Lipinski definition) is 1. The molecule has 5 nitrogen and oxygen atoms in total. The molecule has 0 spiro atoms. The molecule has 24 heavy (non-hydrogen) atoms. The Morgan fingerprint density at radius 2 is 2.17 bits per heavy atom. The maximum atomic E-state index is 13.1. The number of fused-ring (bicyclic) bond motifs is 1. The molecular formula is C16H19BrF2N4O. The van der Waals surface area contributed by atoms with Crippen molar-refractivity contribution in [2.75, 3.05) is 19.6 Å². The number of amides is 1. The van der Waals surface area contributed by atoms with Crippen LogP contribution < -0.4 is 5.32 Å². The number of hydrogen-bond acceptors (Lipinski definition) is 3. The molecule has 130 valence electrons. The van der Waals surface area contributed by atoms with Crippen LogP contribution in [0, 0.1) is 0 Å². The highest BCUT2D eigenvalue weighted by atomic mass is 79.9. The second-order valence-corrected chi connectivity index (χ2v) is 7.24. The van der Waals surface area contributed by atoms with Crippen molar-refractivity contribution in [3.05, 3.63) is 34.6 Å². The van der Waals surface area contributed by atoms with Gasteiger partial charge in [-0.3, -0.25) is 9.69 Å². The fraction of sp³-hybridized carbons (Fsp3) is 0.500. The average molecular weight is 401 g/mol. The maximum absolute atomic E-state index is 13.1. The normalized spacial score (nSPS) is 17.3.